The van der Waals surface area contributed by atoms with Crippen LogP contribution >= 0.6 is 0 Å². The molecule has 0 spiro atoms. The summed E-state index contributed by atoms with van der Waals surface area (Å²) in [6, 6.07) is 4.65. The summed E-state index contributed by atoms with van der Waals surface area (Å²) in [4.78, 5) is 36.1. The Bertz CT molecular complexity index is 893. The molecule has 2 rings (SSSR count). The number of benzene rings is 1. The summed E-state index contributed by atoms with van der Waals surface area (Å²) in [6.45, 7) is 6.78. The molecule has 0 aromatic heterocycles. The van der Waals surface area contributed by atoms with Crippen LogP contribution in [-0.2, 0) is 24.3 Å². The highest BCUT2D eigenvalue weighted by Crippen LogP contribution is 2.26. The molecule has 0 radical (unpaired) electrons. The highest BCUT2D eigenvalue weighted by Gasteiger charge is 2.38. The third-order valence-corrected chi connectivity index (χ3v) is 7.22. The molecule has 8 nitrogen and oxygen atoms in total. The number of amides is 1. The van der Waals surface area contributed by atoms with Gasteiger partial charge in [-0.3, -0.25) is 14.4 Å². The number of hydrogen-bond acceptors (Lipinski definition) is 6. The largest absolute Gasteiger partial charge is 0.454 e. The zero-order chi connectivity index (χ0) is 22.5. The van der Waals surface area contributed by atoms with E-state index in [1.54, 1.807) is 0 Å². The van der Waals surface area contributed by atoms with Gasteiger partial charge in [0.1, 0.15) is 6.04 Å². The van der Waals surface area contributed by atoms with Gasteiger partial charge in [0.05, 0.1) is 4.90 Å². The second kappa shape index (κ2) is 9.70. The fraction of sp³-hybridized carbons (Fsp3) is 0.571. The maximum Gasteiger partial charge on any atom is 0.324 e. The molecule has 1 N–H and O–H groups in total. The lowest BCUT2D eigenvalue weighted by Crippen LogP contribution is -2.49. The molecule has 30 heavy (non-hydrogen) atoms. The van der Waals surface area contributed by atoms with Gasteiger partial charge in [-0.1, -0.05) is 19.1 Å². The monoisotopic (exact) mass is 438 g/mol. The molecule has 1 amide bonds. The Morgan fingerprint density at radius 3 is 2.37 bits per heavy atom. The van der Waals surface area contributed by atoms with Gasteiger partial charge in [-0.15, -0.1) is 0 Å². The van der Waals surface area contributed by atoms with Crippen LogP contribution in [-0.4, -0.2) is 55.1 Å². The van der Waals surface area contributed by atoms with Crippen LogP contribution in [0.15, 0.2) is 29.2 Å². The quantitative estimate of drug-likeness (QED) is 0.493. The average Bonchev–Trinajstić information content (AvgIpc) is 2.71. The van der Waals surface area contributed by atoms with Gasteiger partial charge in [0.15, 0.2) is 12.4 Å². The van der Waals surface area contributed by atoms with Crippen LogP contribution in [0.1, 0.15) is 63.7 Å². The van der Waals surface area contributed by atoms with E-state index in [9.17, 15) is 22.8 Å². The number of carbonyl (C=O) groups excluding carboxylic acids is 3. The van der Waals surface area contributed by atoms with Gasteiger partial charge in [0, 0.05) is 17.6 Å². The lowest BCUT2D eigenvalue weighted by molar-refractivity contribution is -0.153. The first-order chi connectivity index (χ1) is 14.0. The average molecular weight is 439 g/mol. The van der Waals surface area contributed by atoms with Gasteiger partial charge in [-0.05, 0) is 58.6 Å². The smallest absolute Gasteiger partial charge is 0.324 e. The van der Waals surface area contributed by atoms with Crippen LogP contribution in [0, 0.1) is 0 Å². The first-order valence-corrected chi connectivity index (χ1v) is 11.5. The van der Waals surface area contributed by atoms with Crippen molar-refractivity contribution in [3.05, 3.63) is 29.8 Å². The van der Waals surface area contributed by atoms with Crippen LogP contribution in [0.2, 0.25) is 0 Å². The first kappa shape index (κ1) is 24.0. The number of rotatable bonds is 8. The number of ketones is 1. The zero-order valence-electron chi connectivity index (χ0n) is 17.9. The van der Waals surface area contributed by atoms with E-state index >= 15 is 0 Å². The minimum atomic E-state index is -3.95. The highest BCUT2D eigenvalue weighted by molar-refractivity contribution is 7.89. The molecule has 1 aliphatic rings. The lowest BCUT2D eigenvalue weighted by atomic mass is 10.0. The van der Waals surface area contributed by atoms with Crippen LogP contribution in [0.4, 0.5) is 0 Å². The fourth-order valence-electron chi connectivity index (χ4n) is 3.16. The number of sulfonamides is 1. The zero-order valence-corrected chi connectivity index (χ0v) is 18.8. The molecule has 1 atom stereocenters. The third kappa shape index (κ3) is 5.89. The Morgan fingerprint density at radius 1 is 1.17 bits per heavy atom. The van der Waals surface area contributed by atoms with Crippen molar-refractivity contribution in [2.75, 3.05) is 13.2 Å². The molecule has 0 aliphatic carbocycles. The summed E-state index contributed by atoms with van der Waals surface area (Å²) in [7, 11) is -3.95. The van der Waals surface area contributed by atoms with Gasteiger partial charge in [0.25, 0.3) is 5.91 Å². The van der Waals surface area contributed by atoms with E-state index in [0.29, 0.717) is 31.2 Å². The molecule has 1 fully saturated rings. The van der Waals surface area contributed by atoms with Gasteiger partial charge in [-0.25, -0.2) is 8.42 Å². The van der Waals surface area contributed by atoms with E-state index in [2.05, 4.69) is 5.32 Å². The summed E-state index contributed by atoms with van der Waals surface area (Å²) in [5, 5.41) is 2.77. The van der Waals surface area contributed by atoms with Crippen molar-refractivity contribution in [3.63, 3.8) is 0 Å². The van der Waals surface area contributed by atoms with Crippen LogP contribution in [0.25, 0.3) is 0 Å². The maximum atomic E-state index is 13.1. The van der Waals surface area contributed by atoms with Crippen LogP contribution < -0.4 is 5.32 Å². The minimum Gasteiger partial charge on any atom is -0.454 e. The second-order valence-electron chi connectivity index (χ2n) is 8.10. The molecular weight excluding hydrogens is 408 g/mol. The van der Waals surface area contributed by atoms with Crippen molar-refractivity contribution in [2.24, 2.45) is 0 Å². The summed E-state index contributed by atoms with van der Waals surface area (Å²) in [5.74, 6) is -1.33. The molecule has 1 heterocycles. The molecule has 9 heteroatoms. The van der Waals surface area contributed by atoms with Crippen molar-refractivity contribution < 1.29 is 27.5 Å². The normalized spacial score (nSPS) is 17.9. The predicted molar refractivity (Wildman–Crippen MR) is 111 cm³/mol. The predicted octanol–water partition coefficient (Wildman–Crippen LogP) is 2.28. The topological polar surface area (TPSA) is 110 Å². The van der Waals surface area contributed by atoms with E-state index in [4.69, 9.17) is 4.74 Å². The number of nitrogens with one attached hydrogen (secondary N) is 1. The van der Waals surface area contributed by atoms with E-state index in [1.165, 1.54) is 31.2 Å². The molecule has 0 bridgehead atoms. The molecule has 0 saturated carbocycles. The molecular formula is C21H30N2O6S. The molecule has 166 valence electrons. The molecule has 1 aromatic carbocycles. The number of Topliss-reactive ketones (excluding diaryl/α,β-unsaturated/α-hetero) is 1. The van der Waals surface area contributed by atoms with Crippen LogP contribution in [0.3, 0.4) is 0 Å². The van der Waals surface area contributed by atoms with Gasteiger partial charge in [0.2, 0.25) is 10.0 Å². The van der Waals surface area contributed by atoms with Gasteiger partial charge in [-0.2, -0.15) is 4.31 Å². The number of carbonyl (C=O) groups is 3. The van der Waals surface area contributed by atoms with E-state index in [-0.39, 0.29) is 17.2 Å². The Hall–Kier alpha value is -2.26. The number of piperidine rings is 1. The molecule has 1 aliphatic heterocycles. The van der Waals surface area contributed by atoms with E-state index in [0.717, 1.165) is 4.31 Å². The Balaban J connectivity index is 2.12. The SMILES string of the molecule is CCC(C)(C)NC(=O)COC(=O)C1CCCCN1S(=O)(=O)c1ccc(C(C)=O)cc1. The first-order valence-electron chi connectivity index (χ1n) is 10.1. The molecule has 1 saturated heterocycles. The minimum absolute atomic E-state index is 0.00892. The van der Waals surface area contributed by atoms with Gasteiger partial charge >= 0.3 is 5.97 Å². The van der Waals surface area contributed by atoms with Crippen molar-refractivity contribution in [1.82, 2.24) is 9.62 Å². The van der Waals surface area contributed by atoms with E-state index in [1.807, 2.05) is 20.8 Å². The number of hydrogen-bond donors (Lipinski definition) is 1. The number of esters is 1. The number of ether oxygens (including phenoxy) is 1. The molecule has 1 aromatic rings. The Labute approximate surface area is 178 Å². The lowest BCUT2D eigenvalue weighted by Gasteiger charge is -2.33. The maximum absolute atomic E-state index is 13.1. The highest BCUT2D eigenvalue weighted by atomic mass is 32.2. The summed E-state index contributed by atoms with van der Waals surface area (Å²) >= 11 is 0. The van der Waals surface area contributed by atoms with Crippen molar-refractivity contribution in [2.45, 2.75) is 69.9 Å². The Kier molecular flexibility index (Phi) is 7.76. The second-order valence-corrected chi connectivity index (χ2v) is 9.99. The Morgan fingerprint density at radius 2 is 1.80 bits per heavy atom. The third-order valence-electron chi connectivity index (χ3n) is 5.30. The summed E-state index contributed by atoms with van der Waals surface area (Å²) in [5.41, 5.74) is -0.0139. The standard InChI is InChI=1S/C21H30N2O6S/c1-5-21(3,4)22-19(25)14-29-20(26)18-8-6-7-13-23(18)30(27,28)17-11-9-16(10-12-17)15(2)24/h9-12,18H,5-8,13-14H2,1-4H3,(H,22,25). The van der Waals surface area contributed by atoms with Crippen molar-refractivity contribution in [3.8, 4) is 0 Å². The summed E-state index contributed by atoms with van der Waals surface area (Å²) < 4.78 is 32.5. The number of nitrogens with zero attached hydrogens (tertiary/aromatic N) is 1. The van der Waals surface area contributed by atoms with E-state index < -0.39 is 40.1 Å². The summed E-state index contributed by atoms with van der Waals surface area (Å²) in [6.07, 6.45) is 2.35. The van der Waals surface area contributed by atoms with Crippen molar-refractivity contribution in [1.29, 1.82) is 0 Å². The van der Waals surface area contributed by atoms with Crippen molar-refractivity contribution >= 4 is 27.7 Å². The van der Waals surface area contributed by atoms with Crippen LogP contribution in [0.5, 0.6) is 0 Å². The fourth-order valence-corrected chi connectivity index (χ4v) is 4.81. The van der Waals surface area contributed by atoms with Gasteiger partial charge < -0.3 is 10.1 Å². The molecule has 1 unspecified atom stereocenters.